The number of halogens is 1. The Morgan fingerprint density at radius 1 is 1.29 bits per heavy atom. The van der Waals surface area contributed by atoms with Gasteiger partial charge in [0.2, 0.25) is 0 Å². The Morgan fingerprint density at radius 3 is 2.82 bits per heavy atom. The fourth-order valence-electron chi connectivity index (χ4n) is 3.58. The second-order valence-corrected chi connectivity index (χ2v) is 9.51. The summed E-state index contributed by atoms with van der Waals surface area (Å²) in [6.45, 7) is 4.30. The summed E-state index contributed by atoms with van der Waals surface area (Å²) in [7, 11) is 0. The van der Waals surface area contributed by atoms with Gasteiger partial charge in [-0.05, 0) is 43.7 Å². The SMILES string of the molecule is CCOC(=O)c1c(NC(=O)c2sc3ccccc3c2Cl)sc2c1CCC(C)C2. The number of thiophene rings is 2. The van der Waals surface area contributed by atoms with Crippen LogP contribution in [-0.2, 0) is 17.6 Å². The van der Waals surface area contributed by atoms with Gasteiger partial charge in [-0.3, -0.25) is 4.79 Å². The molecule has 0 saturated carbocycles. The van der Waals surface area contributed by atoms with E-state index in [0.29, 0.717) is 33.0 Å². The van der Waals surface area contributed by atoms with E-state index in [1.807, 2.05) is 24.3 Å². The maximum Gasteiger partial charge on any atom is 0.341 e. The Hall–Kier alpha value is -1.89. The number of hydrogen-bond donors (Lipinski definition) is 1. The number of hydrogen-bond acceptors (Lipinski definition) is 5. The largest absolute Gasteiger partial charge is 0.462 e. The van der Waals surface area contributed by atoms with Crippen LogP contribution < -0.4 is 5.32 Å². The Labute approximate surface area is 176 Å². The zero-order valence-corrected chi connectivity index (χ0v) is 18.0. The Kier molecular flexibility index (Phi) is 5.45. The van der Waals surface area contributed by atoms with Crippen LogP contribution in [0.3, 0.4) is 0 Å². The van der Waals surface area contributed by atoms with Crippen LogP contribution in [0.2, 0.25) is 5.02 Å². The summed E-state index contributed by atoms with van der Waals surface area (Å²) in [5.41, 5.74) is 1.54. The Bertz CT molecular complexity index is 1070. The van der Waals surface area contributed by atoms with Crippen LogP contribution in [0.1, 0.15) is 50.7 Å². The van der Waals surface area contributed by atoms with Crippen molar-refractivity contribution >= 4 is 61.2 Å². The van der Waals surface area contributed by atoms with Gasteiger partial charge in [-0.1, -0.05) is 36.7 Å². The van der Waals surface area contributed by atoms with Crippen molar-refractivity contribution in [3.63, 3.8) is 0 Å². The normalized spacial score (nSPS) is 16.0. The van der Waals surface area contributed by atoms with E-state index in [-0.39, 0.29) is 11.9 Å². The number of rotatable bonds is 4. The highest BCUT2D eigenvalue weighted by molar-refractivity contribution is 7.22. The summed E-state index contributed by atoms with van der Waals surface area (Å²) in [4.78, 5) is 27.2. The summed E-state index contributed by atoms with van der Waals surface area (Å²) >= 11 is 9.29. The van der Waals surface area contributed by atoms with Gasteiger partial charge < -0.3 is 10.1 Å². The van der Waals surface area contributed by atoms with E-state index in [1.54, 1.807) is 6.92 Å². The first-order valence-corrected chi connectivity index (χ1v) is 11.3. The third-order valence-electron chi connectivity index (χ3n) is 4.96. The molecule has 0 aliphatic heterocycles. The quantitative estimate of drug-likeness (QED) is 0.500. The molecule has 3 aromatic rings. The van der Waals surface area contributed by atoms with Crippen LogP contribution in [0.5, 0.6) is 0 Å². The summed E-state index contributed by atoms with van der Waals surface area (Å²) < 4.78 is 6.23. The zero-order valence-electron chi connectivity index (χ0n) is 15.6. The molecule has 4 rings (SSSR count). The molecule has 2 heterocycles. The Morgan fingerprint density at radius 2 is 2.07 bits per heavy atom. The first kappa shape index (κ1) is 19.4. The minimum absolute atomic E-state index is 0.289. The van der Waals surface area contributed by atoms with Crippen molar-refractivity contribution in [2.75, 3.05) is 11.9 Å². The van der Waals surface area contributed by atoms with E-state index < -0.39 is 0 Å². The Balaban J connectivity index is 1.71. The predicted molar refractivity (Wildman–Crippen MR) is 116 cm³/mol. The number of nitrogens with one attached hydrogen (secondary N) is 1. The van der Waals surface area contributed by atoms with Gasteiger partial charge >= 0.3 is 5.97 Å². The minimum atomic E-state index is -0.368. The number of anilines is 1. The van der Waals surface area contributed by atoms with Crippen molar-refractivity contribution in [2.45, 2.75) is 33.1 Å². The lowest BCUT2D eigenvalue weighted by Crippen LogP contribution is -2.16. The molecule has 1 unspecified atom stereocenters. The van der Waals surface area contributed by atoms with Crippen LogP contribution in [0.4, 0.5) is 5.00 Å². The summed E-state index contributed by atoms with van der Waals surface area (Å²) in [5, 5.41) is 4.83. The van der Waals surface area contributed by atoms with Crippen LogP contribution in [0.25, 0.3) is 10.1 Å². The van der Waals surface area contributed by atoms with Crippen molar-refractivity contribution in [3.8, 4) is 0 Å². The number of fused-ring (bicyclic) bond motifs is 2. The van der Waals surface area contributed by atoms with Crippen molar-refractivity contribution in [1.29, 1.82) is 0 Å². The molecule has 0 saturated heterocycles. The van der Waals surface area contributed by atoms with Crippen LogP contribution >= 0.6 is 34.3 Å². The topological polar surface area (TPSA) is 55.4 Å². The van der Waals surface area contributed by atoms with Gasteiger partial charge in [-0.2, -0.15) is 0 Å². The first-order valence-electron chi connectivity index (χ1n) is 9.29. The lowest BCUT2D eigenvalue weighted by molar-refractivity contribution is 0.0526. The maximum atomic E-state index is 13.0. The van der Waals surface area contributed by atoms with Crippen LogP contribution in [0.15, 0.2) is 24.3 Å². The molecule has 1 aromatic carbocycles. The van der Waals surface area contributed by atoms with E-state index >= 15 is 0 Å². The second-order valence-electron chi connectivity index (χ2n) is 6.97. The number of ether oxygens (including phenoxy) is 1. The van der Waals surface area contributed by atoms with E-state index in [2.05, 4.69) is 12.2 Å². The molecule has 4 nitrogen and oxygen atoms in total. The number of carbonyl (C=O) groups excluding carboxylic acids is 2. The third-order valence-corrected chi connectivity index (χ3v) is 7.80. The molecule has 2 aromatic heterocycles. The van der Waals surface area contributed by atoms with Gasteiger partial charge in [-0.25, -0.2) is 4.79 Å². The molecule has 0 spiro atoms. The highest BCUT2D eigenvalue weighted by Crippen LogP contribution is 2.41. The summed E-state index contributed by atoms with van der Waals surface area (Å²) in [6.07, 6.45) is 2.79. The molecule has 28 heavy (non-hydrogen) atoms. The maximum absolute atomic E-state index is 13.0. The fraction of sp³-hybridized carbons (Fsp3) is 0.333. The van der Waals surface area contributed by atoms with Gasteiger partial charge in [0.25, 0.3) is 5.91 Å². The summed E-state index contributed by atoms with van der Waals surface area (Å²) in [5.74, 6) is -0.0857. The smallest absolute Gasteiger partial charge is 0.341 e. The highest BCUT2D eigenvalue weighted by atomic mass is 35.5. The third kappa shape index (κ3) is 3.45. The molecule has 146 valence electrons. The molecule has 0 fully saturated rings. The predicted octanol–water partition coefficient (Wildman–Crippen LogP) is 6.17. The van der Waals surface area contributed by atoms with Gasteiger partial charge in [0.05, 0.1) is 17.2 Å². The molecular formula is C21H20ClNO3S2. The van der Waals surface area contributed by atoms with Crippen molar-refractivity contribution in [3.05, 3.63) is 50.2 Å². The number of carbonyl (C=O) groups is 2. The monoisotopic (exact) mass is 433 g/mol. The van der Waals surface area contributed by atoms with Crippen molar-refractivity contribution < 1.29 is 14.3 Å². The molecule has 0 bridgehead atoms. The van der Waals surface area contributed by atoms with Gasteiger partial charge in [0.15, 0.2) is 0 Å². The minimum Gasteiger partial charge on any atom is -0.462 e. The zero-order chi connectivity index (χ0) is 19.8. The molecular weight excluding hydrogens is 414 g/mol. The lowest BCUT2D eigenvalue weighted by Gasteiger charge is -2.18. The highest BCUT2D eigenvalue weighted by Gasteiger charge is 2.30. The standard InChI is InChI=1S/C21H20ClNO3S2/c1-3-26-21(25)16-12-9-8-11(2)10-15(12)28-20(16)23-19(24)18-17(22)13-6-4-5-7-14(13)27-18/h4-7,11H,3,8-10H2,1-2H3,(H,23,24). The molecule has 1 amide bonds. The molecule has 7 heteroatoms. The number of esters is 1. The molecule has 0 radical (unpaired) electrons. The molecule has 1 N–H and O–H groups in total. The first-order chi connectivity index (χ1) is 13.5. The van der Waals surface area contributed by atoms with Gasteiger partial charge in [-0.15, -0.1) is 22.7 Å². The van der Waals surface area contributed by atoms with Crippen LogP contribution in [0, 0.1) is 5.92 Å². The van der Waals surface area contributed by atoms with E-state index in [0.717, 1.165) is 34.9 Å². The van der Waals surface area contributed by atoms with Gasteiger partial charge in [0.1, 0.15) is 9.88 Å². The molecule has 1 aliphatic rings. The molecule has 1 aliphatic carbocycles. The molecule has 1 atom stereocenters. The van der Waals surface area contributed by atoms with Crippen molar-refractivity contribution in [2.24, 2.45) is 5.92 Å². The van der Waals surface area contributed by atoms with E-state index in [1.165, 1.54) is 27.6 Å². The number of benzene rings is 1. The van der Waals surface area contributed by atoms with Gasteiger partial charge in [0, 0.05) is 15.0 Å². The van der Waals surface area contributed by atoms with Crippen LogP contribution in [-0.4, -0.2) is 18.5 Å². The average molecular weight is 434 g/mol. The summed E-state index contributed by atoms with van der Waals surface area (Å²) in [6, 6.07) is 7.67. The van der Waals surface area contributed by atoms with Crippen molar-refractivity contribution in [1.82, 2.24) is 0 Å². The van der Waals surface area contributed by atoms with E-state index in [4.69, 9.17) is 16.3 Å². The lowest BCUT2D eigenvalue weighted by atomic mass is 9.88. The van der Waals surface area contributed by atoms with E-state index in [9.17, 15) is 9.59 Å². The number of amides is 1. The fourth-order valence-corrected chi connectivity index (χ4v) is 6.38. The second kappa shape index (κ2) is 7.85. The average Bonchev–Trinajstić information content (AvgIpc) is 3.19.